The molecule has 4 aromatic carbocycles. The lowest BCUT2D eigenvalue weighted by atomic mass is 10.0. The van der Waals surface area contributed by atoms with Crippen molar-refractivity contribution in [3.63, 3.8) is 0 Å². The van der Waals surface area contributed by atoms with Crippen LogP contribution in [0, 0.1) is 0 Å². The summed E-state index contributed by atoms with van der Waals surface area (Å²) in [6.45, 7) is 0. The molecule has 0 atom stereocenters. The number of fused-ring (bicyclic) bond motifs is 5. The molecule has 0 saturated carbocycles. The molecule has 4 heteroatoms. The Bertz CT molecular complexity index is 1270. The molecule has 0 unspecified atom stereocenters. The Morgan fingerprint density at radius 2 is 1.52 bits per heavy atom. The fourth-order valence-electron chi connectivity index (χ4n) is 3.43. The summed E-state index contributed by atoms with van der Waals surface area (Å²) >= 11 is 6.29. The smallest absolute Gasteiger partial charge is 0.178 e. The van der Waals surface area contributed by atoms with Crippen LogP contribution in [0.15, 0.2) is 72.8 Å². The van der Waals surface area contributed by atoms with E-state index in [1.54, 1.807) is 6.07 Å². The average Bonchev–Trinajstić information content (AvgIpc) is 2.99. The normalized spacial score (nSPS) is 11.6. The summed E-state index contributed by atoms with van der Waals surface area (Å²) in [5.41, 5.74) is 2.13. The first-order chi connectivity index (χ1) is 12.2. The molecule has 0 amide bonds. The molecule has 0 aliphatic carbocycles. The van der Waals surface area contributed by atoms with Crippen molar-refractivity contribution in [2.24, 2.45) is 0 Å². The molecular formula is C21H13ClN2O. The minimum absolute atomic E-state index is 0.446. The maximum Gasteiger partial charge on any atom is 0.178 e. The van der Waals surface area contributed by atoms with Crippen LogP contribution >= 0.6 is 11.6 Å². The van der Waals surface area contributed by atoms with Gasteiger partial charge in [0.1, 0.15) is 11.0 Å². The maximum absolute atomic E-state index is 10.6. The Hall–Kier alpha value is -3.04. The van der Waals surface area contributed by atoms with E-state index in [9.17, 15) is 5.21 Å². The zero-order valence-corrected chi connectivity index (χ0v) is 13.9. The van der Waals surface area contributed by atoms with Gasteiger partial charge in [0.15, 0.2) is 5.82 Å². The van der Waals surface area contributed by atoms with Crippen LogP contribution in [-0.4, -0.2) is 14.9 Å². The van der Waals surface area contributed by atoms with Crippen molar-refractivity contribution in [2.75, 3.05) is 0 Å². The van der Waals surface area contributed by atoms with E-state index in [-0.39, 0.29) is 0 Å². The summed E-state index contributed by atoms with van der Waals surface area (Å²) in [4.78, 5) is 4.71. The van der Waals surface area contributed by atoms with Crippen LogP contribution in [0.1, 0.15) is 0 Å². The Morgan fingerprint density at radius 1 is 0.760 bits per heavy atom. The maximum atomic E-state index is 10.6. The second-order valence-corrected chi connectivity index (χ2v) is 6.45. The van der Waals surface area contributed by atoms with Crippen molar-refractivity contribution in [1.82, 2.24) is 9.71 Å². The van der Waals surface area contributed by atoms with Crippen molar-refractivity contribution in [3.05, 3.63) is 77.8 Å². The van der Waals surface area contributed by atoms with Gasteiger partial charge in [-0.25, -0.2) is 4.98 Å². The Labute approximate surface area is 148 Å². The van der Waals surface area contributed by atoms with E-state index < -0.39 is 0 Å². The van der Waals surface area contributed by atoms with Gasteiger partial charge < -0.3 is 5.21 Å². The van der Waals surface area contributed by atoms with Crippen LogP contribution in [-0.2, 0) is 0 Å². The lowest BCUT2D eigenvalue weighted by Gasteiger charge is -2.04. The summed E-state index contributed by atoms with van der Waals surface area (Å²) in [5, 5.41) is 15.7. The second kappa shape index (κ2) is 5.23. The molecule has 5 aromatic rings. The molecule has 1 N–H and O–H groups in total. The molecule has 120 valence electrons. The van der Waals surface area contributed by atoms with E-state index in [0.29, 0.717) is 21.9 Å². The summed E-state index contributed by atoms with van der Waals surface area (Å²) in [6, 6.07) is 23.7. The van der Waals surface area contributed by atoms with Crippen LogP contribution < -0.4 is 0 Å². The number of hydrogen-bond donors (Lipinski definition) is 1. The van der Waals surface area contributed by atoms with Crippen LogP contribution in [0.4, 0.5) is 0 Å². The van der Waals surface area contributed by atoms with E-state index in [1.165, 1.54) is 10.8 Å². The molecule has 5 rings (SSSR count). The van der Waals surface area contributed by atoms with Crippen LogP contribution in [0.3, 0.4) is 0 Å². The Morgan fingerprint density at radius 3 is 2.40 bits per heavy atom. The second-order valence-electron chi connectivity index (χ2n) is 6.04. The summed E-state index contributed by atoms with van der Waals surface area (Å²) in [5.74, 6) is 0.446. The molecule has 0 aliphatic heterocycles. The number of rotatable bonds is 1. The molecular weight excluding hydrogens is 332 g/mol. The van der Waals surface area contributed by atoms with E-state index in [1.807, 2.05) is 42.5 Å². The Balaban J connectivity index is 1.90. The third-order valence-corrected chi connectivity index (χ3v) is 4.97. The average molecular weight is 345 g/mol. The topological polar surface area (TPSA) is 38.0 Å². The number of benzene rings is 4. The third-order valence-electron chi connectivity index (χ3n) is 4.64. The van der Waals surface area contributed by atoms with Crippen LogP contribution in [0.25, 0.3) is 44.0 Å². The molecule has 0 spiro atoms. The zero-order valence-electron chi connectivity index (χ0n) is 13.1. The van der Waals surface area contributed by atoms with Gasteiger partial charge >= 0.3 is 0 Å². The van der Waals surface area contributed by atoms with Crippen molar-refractivity contribution in [3.8, 4) is 11.4 Å². The fourth-order valence-corrected chi connectivity index (χ4v) is 3.65. The lowest BCUT2D eigenvalue weighted by Crippen LogP contribution is -1.94. The first-order valence-corrected chi connectivity index (χ1v) is 8.39. The largest absolute Gasteiger partial charge is 0.426 e. The van der Waals surface area contributed by atoms with Crippen molar-refractivity contribution >= 4 is 44.2 Å². The Kier molecular flexibility index (Phi) is 2.99. The van der Waals surface area contributed by atoms with Gasteiger partial charge in [0.05, 0.1) is 5.02 Å². The van der Waals surface area contributed by atoms with Gasteiger partial charge in [-0.3, -0.25) is 0 Å². The van der Waals surface area contributed by atoms with Gasteiger partial charge in [-0.15, -0.1) is 0 Å². The van der Waals surface area contributed by atoms with Crippen molar-refractivity contribution in [2.45, 2.75) is 0 Å². The highest BCUT2D eigenvalue weighted by atomic mass is 35.5. The molecule has 25 heavy (non-hydrogen) atoms. The molecule has 1 heterocycles. The number of imidazole rings is 1. The third kappa shape index (κ3) is 2.03. The van der Waals surface area contributed by atoms with E-state index >= 15 is 0 Å². The molecule has 0 aliphatic rings. The van der Waals surface area contributed by atoms with Crippen molar-refractivity contribution in [1.29, 1.82) is 0 Å². The first-order valence-electron chi connectivity index (χ1n) is 8.01. The standard InChI is InChI=1S/C21H13ClN2O/c22-18-8-4-3-7-17(18)21-23-20-16-10-9-13-5-1-2-6-14(13)15(16)11-12-19(20)24(21)25/h1-12,25H. The summed E-state index contributed by atoms with van der Waals surface area (Å²) in [7, 11) is 0. The number of halogens is 1. The highest BCUT2D eigenvalue weighted by Gasteiger charge is 2.16. The van der Waals surface area contributed by atoms with E-state index in [2.05, 4.69) is 24.3 Å². The summed E-state index contributed by atoms with van der Waals surface area (Å²) < 4.78 is 1.12. The minimum Gasteiger partial charge on any atom is -0.426 e. The quantitative estimate of drug-likeness (QED) is 0.303. The molecule has 1 aromatic heterocycles. The number of hydrogen-bond acceptors (Lipinski definition) is 2. The van der Waals surface area contributed by atoms with E-state index in [4.69, 9.17) is 16.6 Å². The zero-order chi connectivity index (χ0) is 17.0. The monoisotopic (exact) mass is 344 g/mol. The molecule has 0 saturated heterocycles. The fraction of sp³-hybridized carbons (Fsp3) is 0. The highest BCUT2D eigenvalue weighted by molar-refractivity contribution is 6.33. The van der Waals surface area contributed by atoms with Gasteiger partial charge in [-0.2, -0.15) is 4.73 Å². The number of nitrogens with zero attached hydrogens (tertiary/aromatic N) is 2. The van der Waals surface area contributed by atoms with E-state index in [0.717, 1.165) is 21.0 Å². The predicted molar refractivity (Wildman–Crippen MR) is 102 cm³/mol. The number of aromatic nitrogens is 2. The van der Waals surface area contributed by atoms with Crippen LogP contribution in [0.2, 0.25) is 5.02 Å². The van der Waals surface area contributed by atoms with Gasteiger partial charge in [-0.05, 0) is 34.4 Å². The first kappa shape index (κ1) is 14.3. The summed E-state index contributed by atoms with van der Waals surface area (Å²) in [6.07, 6.45) is 0. The van der Waals surface area contributed by atoms with Gasteiger partial charge in [0, 0.05) is 10.9 Å². The molecule has 0 fully saturated rings. The van der Waals surface area contributed by atoms with Gasteiger partial charge in [-0.1, -0.05) is 66.2 Å². The lowest BCUT2D eigenvalue weighted by molar-refractivity contribution is 0.203. The minimum atomic E-state index is 0.446. The predicted octanol–water partition coefficient (Wildman–Crippen LogP) is 5.90. The van der Waals surface area contributed by atoms with Crippen molar-refractivity contribution < 1.29 is 5.21 Å². The molecule has 0 radical (unpaired) electrons. The molecule has 3 nitrogen and oxygen atoms in total. The van der Waals surface area contributed by atoms with Crippen LogP contribution in [0.5, 0.6) is 0 Å². The SMILES string of the molecule is On1c(-c2ccccc2Cl)nc2c3ccc4ccccc4c3ccc21. The highest BCUT2D eigenvalue weighted by Crippen LogP contribution is 2.34. The molecule has 0 bridgehead atoms. The van der Waals surface area contributed by atoms with Gasteiger partial charge in [0.2, 0.25) is 0 Å². The van der Waals surface area contributed by atoms with Gasteiger partial charge in [0.25, 0.3) is 0 Å².